The van der Waals surface area contributed by atoms with Crippen molar-refractivity contribution < 1.29 is 9.90 Å². The second-order valence-electron chi connectivity index (χ2n) is 9.55. The number of benzene rings is 2. The van der Waals surface area contributed by atoms with Crippen LogP contribution >= 0.6 is 0 Å². The van der Waals surface area contributed by atoms with Gasteiger partial charge in [-0.1, -0.05) is 42.2 Å². The van der Waals surface area contributed by atoms with Crippen LogP contribution in [0.5, 0.6) is 0 Å². The van der Waals surface area contributed by atoms with E-state index >= 15 is 0 Å². The minimum atomic E-state index is 0.0827. The van der Waals surface area contributed by atoms with Crippen molar-refractivity contribution in [1.29, 1.82) is 0 Å². The fraction of sp³-hybridized carbons (Fsp3) is 0.464. The third-order valence-corrected chi connectivity index (χ3v) is 7.51. The molecule has 5 heteroatoms. The summed E-state index contributed by atoms with van der Waals surface area (Å²) in [4.78, 5) is 17.3. The van der Waals surface area contributed by atoms with E-state index in [1.165, 1.54) is 12.0 Å². The Morgan fingerprint density at radius 3 is 2.30 bits per heavy atom. The number of amides is 2. The molecular formula is C28H33N3O2. The number of aliphatic hydroxyl groups excluding tert-OH is 1. The van der Waals surface area contributed by atoms with E-state index in [-0.39, 0.29) is 30.6 Å². The maximum absolute atomic E-state index is 12.9. The summed E-state index contributed by atoms with van der Waals surface area (Å²) in [5.74, 6) is 6.68. The lowest BCUT2D eigenvalue weighted by Gasteiger charge is -2.57. The first kappa shape index (κ1) is 22.0. The zero-order valence-corrected chi connectivity index (χ0v) is 19.1. The molecule has 3 atom stereocenters. The van der Waals surface area contributed by atoms with Crippen LogP contribution in [0, 0.1) is 11.8 Å². The van der Waals surface area contributed by atoms with E-state index in [1.54, 1.807) is 0 Å². The minimum Gasteiger partial charge on any atom is -0.395 e. The highest BCUT2D eigenvalue weighted by Crippen LogP contribution is 2.42. The Morgan fingerprint density at radius 2 is 1.64 bits per heavy atom. The maximum Gasteiger partial charge on any atom is 0.317 e. The Balaban J connectivity index is 1.31. The molecular weight excluding hydrogens is 410 g/mol. The molecule has 5 rings (SSSR count). The molecule has 0 radical (unpaired) electrons. The van der Waals surface area contributed by atoms with Crippen molar-refractivity contribution in [3.05, 3.63) is 71.3 Å². The number of nitrogens with zero attached hydrogens (tertiary/aromatic N) is 2. The number of carbonyl (C=O) groups is 1. The molecule has 2 aromatic carbocycles. The Morgan fingerprint density at radius 1 is 0.939 bits per heavy atom. The predicted molar refractivity (Wildman–Crippen MR) is 130 cm³/mol. The second-order valence-corrected chi connectivity index (χ2v) is 9.55. The van der Waals surface area contributed by atoms with Crippen LogP contribution in [0.15, 0.2) is 54.6 Å². The zero-order valence-electron chi connectivity index (χ0n) is 19.1. The van der Waals surface area contributed by atoms with Crippen LogP contribution in [0.2, 0.25) is 0 Å². The van der Waals surface area contributed by atoms with E-state index < -0.39 is 0 Å². The molecule has 2 aromatic rings. The monoisotopic (exact) mass is 443 g/mol. The van der Waals surface area contributed by atoms with Gasteiger partial charge in [0.15, 0.2) is 0 Å². The van der Waals surface area contributed by atoms with Gasteiger partial charge in [0.2, 0.25) is 0 Å². The first-order chi connectivity index (χ1) is 16.2. The highest BCUT2D eigenvalue weighted by molar-refractivity contribution is 5.74. The average Bonchev–Trinajstić information content (AvgIpc) is 2.80. The van der Waals surface area contributed by atoms with Crippen molar-refractivity contribution >= 4 is 6.03 Å². The van der Waals surface area contributed by atoms with Gasteiger partial charge in [-0.25, -0.2) is 4.79 Å². The van der Waals surface area contributed by atoms with Crippen LogP contribution in [-0.2, 0) is 0 Å². The van der Waals surface area contributed by atoms with Gasteiger partial charge in [-0.2, -0.15) is 0 Å². The van der Waals surface area contributed by atoms with Gasteiger partial charge in [-0.15, -0.1) is 0 Å². The molecule has 1 unspecified atom stereocenters. The third-order valence-electron chi connectivity index (χ3n) is 7.51. The summed E-state index contributed by atoms with van der Waals surface area (Å²) in [7, 11) is 0. The first-order valence-electron chi connectivity index (χ1n) is 12.3. The standard InChI is InChI=1S/C28H33N3O2/c32-20-26-27(23-15-13-22(14-16-23)12-11-21-7-2-1-3-8-21)25-19-30(17-4-5-18-31(25)26)28(33)29-24-9-6-10-24/h1-3,7-8,13-16,24-27,32H,4-6,9-10,17-20H2,(H,29,33)/t25-,26+,27?/m0/s1. The lowest BCUT2D eigenvalue weighted by atomic mass is 9.74. The summed E-state index contributed by atoms with van der Waals surface area (Å²) < 4.78 is 0. The van der Waals surface area contributed by atoms with E-state index in [2.05, 4.69) is 46.3 Å². The Kier molecular flexibility index (Phi) is 6.66. The molecule has 3 fully saturated rings. The molecule has 172 valence electrons. The number of hydrogen-bond acceptors (Lipinski definition) is 3. The Bertz CT molecular complexity index is 1010. The van der Waals surface area contributed by atoms with Crippen molar-refractivity contribution in [1.82, 2.24) is 15.1 Å². The van der Waals surface area contributed by atoms with Crippen LogP contribution in [0.3, 0.4) is 0 Å². The quantitative estimate of drug-likeness (QED) is 0.713. The van der Waals surface area contributed by atoms with Gasteiger partial charge < -0.3 is 15.3 Å². The summed E-state index contributed by atoms with van der Waals surface area (Å²) in [6.07, 6.45) is 5.49. The average molecular weight is 444 g/mol. The fourth-order valence-electron chi connectivity index (χ4n) is 5.40. The molecule has 0 spiro atoms. The minimum absolute atomic E-state index is 0.0827. The molecule has 2 saturated heterocycles. The van der Waals surface area contributed by atoms with Gasteiger partial charge >= 0.3 is 6.03 Å². The van der Waals surface area contributed by atoms with Gasteiger partial charge in [0.1, 0.15) is 0 Å². The van der Waals surface area contributed by atoms with Crippen molar-refractivity contribution in [2.45, 2.75) is 56.1 Å². The first-order valence-corrected chi connectivity index (χ1v) is 12.3. The molecule has 2 N–H and O–H groups in total. The largest absolute Gasteiger partial charge is 0.395 e. The lowest BCUT2D eigenvalue weighted by Crippen LogP contribution is -2.68. The summed E-state index contributed by atoms with van der Waals surface area (Å²) in [6.45, 7) is 2.67. The molecule has 3 aliphatic rings. The summed E-state index contributed by atoms with van der Waals surface area (Å²) in [5, 5.41) is 13.4. The molecule has 1 aliphatic carbocycles. The van der Waals surface area contributed by atoms with Crippen LogP contribution in [0.25, 0.3) is 0 Å². The third kappa shape index (κ3) is 4.78. The predicted octanol–water partition coefficient (Wildman–Crippen LogP) is 3.57. The number of carbonyl (C=O) groups excluding carboxylic acids is 1. The Hall–Kier alpha value is -2.81. The molecule has 33 heavy (non-hydrogen) atoms. The number of rotatable bonds is 3. The molecule has 2 aliphatic heterocycles. The number of nitrogens with one attached hydrogen (secondary N) is 1. The number of urea groups is 1. The normalized spacial score (nSPS) is 25.4. The number of fused-ring (bicyclic) bond motifs is 1. The number of hydrogen-bond donors (Lipinski definition) is 2. The molecule has 5 nitrogen and oxygen atoms in total. The van der Waals surface area contributed by atoms with Gasteiger partial charge in [-0.3, -0.25) is 4.90 Å². The van der Waals surface area contributed by atoms with E-state index in [0.717, 1.165) is 56.4 Å². The summed E-state index contributed by atoms with van der Waals surface area (Å²) in [5.41, 5.74) is 3.21. The highest BCUT2D eigenvalue weighted by atomic mass is 16.3. The lowest BCUT2D eigenvalue weighted by molar-refractivity contribution is -0.0592. The SMILES string of the molecule is O=C(NC1CCC1)N1CCCCN2[C@H](CO)C(c3ccc(C#Cc4ccccc4)cc3)[C@@H]2C1. The zero-order chi connectivity index (χ0) is 22.6. The topological polar surface area (TPSA) is 55.8 Å². The van der Waals surface area contributed by atoms with E-state index in [9.17, 15) is 9.90 Å². The maximum atomic E-state index is 12.9. The van der Waals surface area contributed by atoms with Crippen LogP contribution in [-0.4, -0.2) is 65.3 Å². The van der Waals surface area contributed by atoms with Crippen molar-refractivity contribution in [2.75, 3.05) is 26.2 Å². The van der Waals surface area contributed by atoms with E-state index in [1.807, 2.05) is 35.2 Å². The molecule has 2 amide bonds. The van der Waals surface area contributed by atoms with Gasteiger partial charge in [0.05, 0.1) is 6.61 Å². The highest BCUT2D eigenvalue weighted by Gasteiger charge is 2.49. The summed E-state index contributed by atoms with van der Waals surface area (Å²) in [6, 6.07) is 19.3. The molecule has 0 bridgehead atoms. The molecule has 0 aromatic heterocycles. The van der Waals surface area contributed by atoms with Crippen molar-refractivity contribution in [2.24, 2.45) is 0 Å². The Labute approximate surface area is 196 Å². The number of aliphatic hydroxyl groups is 1. The van der Waals surface area contributed by atoms with Crippen molar-refractivity contribution in [3.63, 3.8) is 0 Å². The fourth-order valence-corrected chi connectivity index (χ4v) is 5.40. The van der Waals surface area contributed by atoms with Gasteiger partial charge in [0, 0.05) is 48.3 Å². The second kappa shape index (κ2) is 9.99. The summed E-state index contributed by atoms with van der Waals surface area (Å²) >= 11 is 0. The van der Waals surface area contributed by atoms with E-state index in [0.29, 0.717) is 6.04 Å². The molecule has 2 heterocycles. The van der Waals surface area contributed by atoms with Gasteiger partial charge in [0.25, 0.3) is 0 Å². The smallest absolute Gasteiger partial charge is 0.317 e. The van der Waals surface area contributed by atoms with Crippen molar-refractivity contribution in [3.8, 4) is 11.8 Å². The van der Waals surface area contributed by atoms with Crippen LogP contribution in [0.4, 0.5) is 4.79 Å². The van der Waals surface area contributed by atoms with E-state index in [4.69, 9.17) is 0 Å². The van der Waals surface area contributed by atoms with Gasteiger partial charge in [-0.05, 0) is 68.5 Å². The van der Waals surface area contributed by atoms with Crippen LogP contribution < -0.4 is 5.32 Å². The van der Waals surface area contributed by atoms with Crippen LogP contribution in [0.1, 0.15) is 54.7 Å². The molecule has 1 saturated carbocycles.